The van der Waals surface area contributed by atoms with Crippen molar-refractivity contribution in [3.8, 4) is 0 Å². The van der Waals surface area contributed by atoms with Crippen molar-refractivity contribution in [1.82, 2.24) is 9.88 Å². The number of carboxylic acid groups (broad SMARTS) is 1. The molecule has 0 radical (unpaired) electrons. The van der Waals surface area contributed by atoms with E-state index in [4.69, 9.17) is 0 Å². The molecule has 3 heterocycles. The predicted molar refractivity (Wildman–Crippen MR) is 81.7 cm³/mol. The first-order valence-corrected chi connectivity index (χ1v) is 7.91. The van der Waals surface area contributed by atoms with Gasteiger partial charge < -0.3 is 10.0 Å². The molecule has 0 saturated carbocycles. The lowest BCUT2D eigenvalue weighted by Gasteiger charge is -2.32. The Kier molecular flexibility index (Phi) is 3.46. The highest BCUT2D eigenvalue weighted by Crippen LogP contribution is 2.52. The zero-order valence-corrected chi connectivity index (χ0v) is 13.3. The molecule has 22 heavy (non-hydrogen) atoms. The van der Waals surface area contributed by atoms with Gasteiger partial charge in [0.1, 0.15) is 0 Å². The molecule has 2 aliphatic heterocycles. The molecule has 5 heteroatoms. The second-order valence-corrected chi connectivity index (χ2v) is 6.56. The van der Waals surface area contributed by atoms with Gasteiger partial charge in [0, 0.05) is 17.8 Å². The molecule has 2 bridgehead atoms. The van der Waals surface area contributed by atoms with Crippen molar-refractivity contribution in [2.75, 3.05) is 0 Å². The van der Waals surface area contributed by atoms with Crippen molar-refractivity contribution < 1.29 is 14.7 Å². The molecule has 3 atom stereocenters. The summed E-state index contributed by atoms with van der Waals surface area (Å²) >= 11 is 0. The van der Waals surface area contributed by atoms with Crippen molar-refractivity contribution in [2.24, 2.45) is 5.41 Å². The van der Waals surface area contributed by atoms with E-state index in [1.54, 1.807) is 0 Å². The molecule has 5 nitrogen and oxygen atoms in total. The van der Waals surface area contributed by atoms with Gasteiger partial charge in [-0.3, -0.25) is 14.6 Å². The highest BCUT2D eigenvalue weighted by Gasteiger charge is 2.60. The van der Waals surface area contributed by atoms with E-state index in [1.165, 1.54) is 0 Å². The molecule has 1 aromatic heterocycles. The molecule has 118 valence electrons. The third-order valence-electron chi connectivity index (χ3n) is 5.49. The number of hydrogen-bond donors (Lipinski definition) is 1. The molecule has 0 spiro atoms. The van der Waals surface area contributed by atoms with Crippen LogP contribution in [0.1, 0.15) is 54.4 Å². The van der Waals surface area contributed by atoms with Gasteiger partial charge in [0.25, 0.3) is 5.91 Å². The molecule has 1 amide bonds. The topological polar surface area (TPSA) is 70.5 Å². The number of aliphatic carboxylic acids is 1. The number of nitrogens with zero attached hydrogens (tertiary/aromatic N) is 2. The van der Waals surface area contributed by atoms with Crippen LogP contribution in [-0.2, 0) is 4.79 Å². The third kappa shape index (κ3) is 1.95. The van der Waals surface area contributed by atoms with Crippen LogP contribution in [0.2, 0.25) is 0 Å². The number of carbonyl (C=O) groups is 2. The molecule has 0 unspecified atom stereocenters. The monoisotopic (exact) mass is 302 g/mol. The maximum Gasteiger partial charge on any atom is 0.311 e. The first kappa shape index (κ1) is 15.0. The van der Waals surface area contributed by atoms with Gasteiger partial charge in [-0.05, 0) is 51.7 Å². The average Bonchev–Trinajstić information content (AvgIpc) is 3.02. The van der Waals surface area contributed by atoms with Gasteiger partial charge in [-0.25, -0.2) is 0 Å². The molecular formula is C17H22N2O3. The number of carbonyl (C=O) groups excluding carboxylic acids is 1. The fourth-order valence-corrected chi connectivity index (χ4v) is 4.30. The van der Waals surface area contributed by atoms with Crippen LogP contribution < -0.4 is 0 Å². The van der Waals surface area contributed by atoms with Crippen LogP contribution in [0.4, 0.5) is 0 Å². The highest BCUT2D eigenvalue weighted by atomic mass is 16.4. The number of amides is 1. The van der Waals surface area contributed by atoms with Crippen LogP contribution >= 0.6 is 0 Å². The fraction of sp³-hybridized carbons (Fsp3) is 0.588. The minimum atomic E-state index is -0.773. The lowest BCUT2D eigenvalue weighted by atomic mass is 9.72. The standard InChI is InChI=1S/C17H22N2O3/c1-4-17(16(21)22)9-12-6-8-14(17)19(12)15(20)13-7-5-10(2)18-11(13)3/h5,7,12,14H,4,6,8-9H2,1-3H3,(H,21,22)/t12-,14+,17+/m0/s1. The lowest BCUT2D eigenvalue weighted by molar-refractivity contribution is -0.151. The van der Waals surface area contributed by atoms with Crippen molar-refractivity contribution in [1.29, 1.82) is 0 Å². The normalized spacial score (nSPS) is 29.9. The molecule has 2 saturated heterocycles. The first-order valence-electron chi connectivity index (χ1n) is 7.91. The van der Waals surface area contributed by atoms with Crippen LogP contribution in [-0.4, -0.2) is 39.0 Å². The van der Waals surface area contributed by atoms with E-state index in [1.807, 2.05) is 37.8 Å². The van der Waals surface area contributed by atoms with Gasteiger partial charge in [-0.2, -0.15) is 0 Å². The van der Waals surface area contributed by atoms with Crippen LogP contribution in [0.3, 0.4) is 0 Å². The summed E-state index contributed by atoms with van der Waals surface area (Å²) in [4.78, 5) is 31.0. The minimum Gasteiger partial charge on any atom is -0.481 e. The summed E-state index contributed by atoms with van der Waals surface area (Å²) in [6, 6.07) is 3.51. The van der Waals surface area contributed by atoms with Crippen molar-refractivity contribution in [3.05, 3.63) is 29.1 Å². The Morgan fingerprint density at radius 3 is 2.64 bits per heavy atom. The van der Waals surface area contributed by atoms with Crippen molar-refractivity contribution in [2.45, 2.75) is 58.5 Å². The molecule has 0 aliphatic carbocycles. The highest BCUT2D eigenvalue weighted by molar-refractivity contribution is 5.97. The zero-order chi connectivity index (χ0) is 16.1. The van der Waals surface area contributed by atoms with E-state index < -0.39 is 11.4 Å². The SMILES string of the molecule is CC[C@@]1(C(=O)O)C[C@@H]2CC[C@H]1N2C(=O)c1ccc(C)nc1C. The van der Waals surface area contributed by atoms with Crippen molar-refractivity contribution in [3.63, 3.8) is 0 Å². The smallest absolute Gasteiger partial charge is 0.311 e. The molecule has 1 aromatic rings. The maximum atomic E-state index is 13.0. The Morgan fingerprint density at radius 1 is 1.36 bits per heavy atom. The maximum absolute atomic E-state index is 13.0. The largest absolute Gasteiger partial charge is 0.481 e. The number of aromatic nitrogens is 1. The number of pyridine rings is 1. The van der Waals surface area contributed by atoms with Crippen LogP contribution in [0, 0.1) is 19.3 Å². The summed E-state index contributed by atoms with van der Waals surface area (Å²) < 4.78 is 0. The predicted octanol–water partition coefficient (Wildman–Crippen LogP) is 2.56. The summed E-state index contributed by atoms with van der Waals surface area (Å²) in [7, 11) is 0. The number of fused-ring (bicyclic) bond motifs is 2. The van der Waals surface area contributed by atoms with E-state index >= 15 is 0 Å². The Morgan fingerprint density at radius 2 is 2.09 bits per heavy atom. The average molecular weight is 302 g/mol. The second kappa shape index (κ2) is 5.07. The number of hydrogen-bond acceptors (Lipinski definition) is 3. The van der Waals surface area contributed by atoms with E-state index in [0.29, 0.717) is 24.1 Å². The third-order valence-corrected chi connectivity index (χ3v) is 5.49. The summed E-state index contributed by atoms with van der Waals surface area (Å²) in [6.07, 6.45) is 2.84. The molecule has 1 N–H and O–H groups in total. The first-order chi connectivity index (χ1) is 10.4. The van der Waals surface area contributed by atoms with Gasteiger partial charge >= 0.3 is 5.97 Å². The molecule has 3 rings (SSSR count). The molecule has 2 fully saturated rings. The van der Waals surface area contributed by atoms with Crippen LogP contribution in [0.5, 0.6) is 0 Å². The van der Waals surface area contributed by atoms with Gasteiger partial charge in [0.15, 0.2) is 0 Å². The summed E-state index contributed by atoms with van der Waals surface area (Å²) in [5.74, 6) is -0.826. The second-order valence-electron chi connectivity index (χ2n) is 6.56. The number of rotatable bonds is 3. The Labute approximate surface area is 130 Å². The Balaban J connectivity index is 1.96. The molecule has 0 aromatic carbocycles. The van der Waals surface area contributed by atoms with E-state index in [9.17, 15) is 14.7 Å². The number of carboxylic acids is 1. The Bertz CT molecular complexity index is 643. The van der Waals surface area contributed by atoms with Gasteiger partial charge in [-0.15, -0.1) is 0 Å². The Hall–Kier alpha value is -1.91. The zero-order valence-electron chi connectivity index (χ0n) is 13.3. The summed E-state index contributed by atoms with van der Waals surface area (Å²) in [5.41, 5.74) is 1.42. The van der Waals surface area contributed by atoms with Gasteiger partial charge in [0.2, 0.25) is 0 Å². The van der Waals surface area contributed by atoms with Crippen molar-refractivity contribution >= 4 is 11.9 Å². The molecular weight excluding hydrogens is 280 g/mol. The summed E-state index contributed by atoms with van der Waals surface area (Å²) in [6.45, 7) is 5.64. The van der Waals surface area contributed by atoms with E-state index in [2.05, 4.69) is 4.98 Å². The lowest BCUT2D eigenvalue weighted by Crippen LogP contribution is -2.44. The van der Waals surface area contributed by atoms with Crippen LogP contribution in [0.25, 0.3) is 0 Å². The minimum absolute atomic E-state index is 0.0502. The van der Waals surface area contributed by atoms with E-state index in [-0.39, 0.29) is 18.0 Å². The number of aryl methyl sites for hydroxylation is 2. The van der Waals surface area contributed by atoms with Crippen LogP contribution in [0.15, 0.2) is 12.1 Å². The van der Waals surface area contributed by atoms with Gasteiger partial charge in [-0.1, -0.05) is 6.92 Å². The summed E-state index contributed by atoms with van der Waals surface area (Å²) in [5, 5.41) is 9.70. The molecule has 2 aliphatic rings. The van der Waals surface area contributed by atoms with Gasteiger partial charge in [0.05, 0.1) is 16.7 Å². The van der Waals surface area contributed by atoms with E-state index in [0.717, 1.165) is 18.5 Å². The quantitative estimate of drug-likeness (QED) is 0.931. The fourth-order valence-electron chi connectivity index (χ4n) is 4.30.